The first-order valence-corrected chi connectivity index (χ1v) is 11.6. The van der Waals surface area contributed by atoms with Crippen LogP contribution in [-0.4, -0.2) is 29.6 Å². The van der Waals surface area contributed by atoms with Gasteiger partial charge in [0.05, 0.1) is 10.3 Å². The van der Waals surface area contributed by atoms with E-state index in [1.165, 1.54) is 6.26 Å². The number of sulfone groups is 1. The number of rotatable bonds is 4. The van der Waals surface area contributed by atoms with Crippen LogP contribution in [0.15, 0.2) is 67.1 Å². The average Bonchev–Trinajstić information content (AvgIpc) is 2.72. The molecule has 30 heavy (non-hydrogen) atoms. The summed E-state index contributed by atoms with van der Waals surface area (Å²) in [5, 5.41) is 1.20. The van der Waals surface area contributed by atoms with Crippen molar-refractivity contribution in [2.75, 3.05) is 6.26 Å². The molecule has 5 nitrogen and oxygen atoms in total. The van der Waals surface area contributed by atoms with E-state index in [1.807, 2.05) is 48.5 Å². The summed E-state index contributed by atoms with van der Waals surface area (Å²) in [6, 6.07) is 15.4. The molecule has 4 aromatic rings. The lowest BCUT2D eigenvalue weighted by atomic mass is 9.92. The van der Waals surface area contributed by atoms with E-state index < -0.39 is 14.6 Å². The van der Waals surface area contributed by atoms with Crippen molar-refractivity contribution in [3.63, 3.8) is 0 Å². The van der Waals surface area contributed by atoms with E-state index >= 15 is 0 Å². The minimum absolute atomic E-state index is 0.324. The quantitative estimate of drug-likeness (QED) is 0.433. The lowest BCUT2D eigenvalue weighted by Crippen LogP contribution is -2.28. The lowest BCUT2D eigenvalue weighted by molar-refractivity contribution is 0.561. The maximum absolute atomic E-state index is 12.5. The van der Waals surface area contributed by atoms with Crippen LogP contribution >= 0.6 is 11.6 Å². The molecule has 0 amide bonds. The fourth-order valence-corrected chi connectivity index (χ4v) is 4.08. The Morgan fingerprint density at radius 3 is 2.33 bits per heavy atom. The van der Waals surface area contributed by atoms with E-state index in [0.29, 0.717) is 16.4 Å². The molecule has 0 radical (unpaired) electrons. The van der Waals surface area contributed by atoms with E-state index in [4.69, 9.17) is 11.6 Å². The molecule has 0 spiro atoms. The van der Waals surface area contributed by atoms with Crippen molar-refractivity contribution in [1.29, 1.82) is 0 Å². The number of halogens is 1. The molecule has 4 rings (SSSR count). The molecule has 0 saturated carbocycles. The van der Waals surface area contributed by atoms with Crippen molar-refractivity contribution in [2.45, 2.75) is 18.6 Å². The number of hydrogen-bond acceptors (Lipinski definition) is 5. The second-order valence-corrected chi connectivity index (χ2v) is 10.6. The number of nitrogens with zero attached hydrogens (tertiary/aromatic N) is 3. The van der Waals surface area contributed by atoms with Crippen molar-refractivity contribution in [1.82, 2.24) is 15.0 Å². The zero-order chi connectivity index (χ0) is 21.5. The minimum atomic E-state index is -3.34. The van der Waals surface area contributed by atoms with Gasteiger partial charge in [-0.05, 0) is 49.2 Å². The SMILES string of the molecule is CC(C)(c1cc(-c2cccc(-c3nccnc3Cl)c2)c2ncccc2c1)S(C)(=O)=O. The van der Waals surface area contributed by atoms with Gasteiger partial charge in [0.25, 0.3) is 0 Å². The highest BCUT2D eigenvalue weighted by atomic mass is 35.5. The first kappa shape index (κ1) is 20.4. The third-order valence-corrected chi connectivity index (χ3v) is 7.79. The molecule has 0 saturated heterocycles. The maximum Gasteiger partial charge on any atom is 0.156 e. The summed E-state index contributed by atoms with van der Waals surface area (Å²) in [5.74, 6) is 0. The van der Waals surface area contributed by atoms with Crippen LogP contribution < -0.4 is 0 Å². The van der Waals surface area contributed by atoms with E-state index in [0.717, 1.165) is 27.6 Å². The molecule has 0 aliphatic rings. The van der Waals surface area contributed by atoms with E-state index in [2.05, 4.69) is 15.0 Å². The molecular formula is C23H20ClN3O2S. The van der Waals surface area contributed by atoms with Gasteiger partial charge in [-0.15, -0.1) is 0 Å². The summed E-state index contributed by atoms with van der Waals surface area (Å²) in [6.07, 6.45) is 6.14. The fraction of sp³-hybridized carbons (Fsp3) is 0.174. The van der Waals surface area contributed by atoms with Crippen LogP contribution in [0.2, 0.25) is 5.15 Å². The van der Waals surface area contributed by atoms with Crippen LogP contribution in [0.1, 0.15) is 19.4 Å². The fourth-order valence-electron chi connectivity index (χ4n) is 3.32. The number of aromatic nitrogens is 3. The lowest BCUT2D eigenvalue weighted by Gasteiger charge is -2.24. The first-order valence-electron chi connectivity index (χ1n) is 9.34. The third-order valence-electron chi connectivity index (χ3n) is 5.43. The number of benzene rings is 2. The molecule has 0 unspecified atom stereocenters. The Balaban J connectivity index is 1.98. The van der Waals surface area contributed by atoms with Gasteiger partial charge in [0, 0.05) is 41.4 Å². The van der Waals surface area contributed by atoms with E-state index in [9.17, 15) is 8.42 Å². The second-order valence-electron chi connectivity index (χ2n) is 7.66. The van der Waals surface area contributed by atoms with Crippen molar-refractivity contribution >= 4 is 32.3 Å². The predicted octanol–water partition coefficient (Wildman–Crippen LogP) is 5.29. The van der Waals surface area contributed by atoms with Gasteiger partial charge in [-0.2, -0.15) is 0 Å². The van der Waals surface area contributed by atoms with Gasteiger partial charge in [0.2, 0.25) is 0 Å². The molecule has 2 aromatic heterocycles. The predicted molar refractivity (Wildman–Crippen MR) is 121 cm³/mol. The molecule has 0 atom stereocenters. The van der Waals surface area contributed by atoms with E-state index in [1.54, 1.807) is 32.4 Å². The normalized spacial score (nSPS) is 12.3. The van der Waals surface area contributed by atoms with Gasteiger partial charge in [-0.3, -0.25) is 9.97 Å². The molecule has 2 heterocycles. The van der Waals surface area contributed by atoms with Gasteiger partial charge >= 0.3 is 0 Å². The summed E-state index contributed by atoms with van der Waals surface area (Å²) >= 11 is 6.23. The van der Waals surface area contributed by atoms with Gasteiger partial charge in [0.15, 0.2) is 15.0 Å². The summed E-state index contributed by atoms with van der Waals surface area (Å²) < 4.78 is 23.9. The first-order chi connectivity index (χ1) is 14.2. The Morgan fingerprint density at radius 2 is 1.60 bits per heavy atom. The molecule has 152 valence electrons. The van der Waals surface area contributed by atoms with Crippen LogP contribution in [-0.2, 0) is 14.6 Å². The van der Waals surface area contributed by atoms with Crippen molar-refractivity contribution < 1.29 is 8.42 Å². The Bertz CT molecular complexity index is 1370. The highest BCUT2D eigenvalue weighted by molar-refractivity contribution is 7.91. The van der Waals surface area contributed by atoms with Crippen molar-refractivity contribution in [3.8, 4) is 22.4 Å². The highest BCUT2D eigenvalue weighted by Crippen LogP contribution is 2.37. The molecular weight excluding hydrogens is 418 g/mol. The Kier molecular flexibility index (Phi) is 5.08. The number of pyridine rings is 1. The van der Waals surface area contributed by atoms with Crippen LogP contribution in [0, 0.1) is 0 Å². The summed E-state index contributed by atoms with van der Waals surface area (Å²) in [7, 11) is -3.34. The van der Waals surface area contributed by atoms with Gasteiger partial charge in [-0.25, -0.2) is 13.4 Å². The zero-order valence-electron chi connectivity index (χ0n) is 16.8. The smallest absolute Gasteiger partial charge is 0.156 e. The Morgan fingerprint density at radius 1 is 0.867 bits per heavy atom. The highest BCUT2D eigenvalue weighted by Gasteiger charge is 2.33. The molecule has 0 fully saturated rings. The van der Waals surface area contributed by atoms with Crippen molar-refractivity contribution in [2.24, 2.45) is 0 Å². The monoisotopic (exact) mass is 437 g/mol. The Hall–Kier alpha value is -2.83. The molecule has 0 bridgehead atoms. The second kappa shape index (κ2) is 7.45. The average molecular weight is 438 g/mol. The van der Waals surface area contributed by atoms with Crippen molar-refractivity contribution in [3.05, 3.63) is 77.8 Å². The molecule has 7 heteroatoms. The molecule has 2 aromatic carbocycles. The molecule has 0 N–H and O–H groups in total. The number of fused-ring (bicyclic) bond motifs is 1. The standard InChI is InChI=1S/C23H20ClN3O2S/c1-23(2,30(3,28)29)18-13-17-8-5-9-25-20(17)19(14-18)15-6-4-7-16(12-15)21-22(24)27-11-10-26-21/h4-14H,1-3H3. The van der Waals surface area contributed by atoms with Crippen LogP contribution in [0.4, 0.5) is 0 Å². The topological polar surface area (TPSA) is 72.8 Å². The Labute approximate surface area is 180 Å². The van der Waals surface area contributed by atoms with Crippen LogP contribution in [0.25, 0.3) is 33.3 Å². The minimum Gasteiger partial charge on any atom is -0.256 e. The summed E-state index contributed by atoms with van der Waals surface area (Å²) in [6.45, 7) is 3.44. The van der Waals surface area contributed by atoms with Gasteiger partial charge < -0.3 is 0 Å². The molecule has 0 aliphatic heterocycles. The van der Waals surface area contributed by atoms with E-state index in [-0.39, 0.29) is 0 Å². The van der Waals surface area contributed by atoms with Crippen LogP contribution in [0.5, 0.6) is 0 Å². The maximum atomic E-state index is 12.5. The van der Waals surface area contributed by atoms with Crippen LogP contribution in [0.3, 0.4) is 0 Å². The van der Waals surface area contributed by atoms with Gasteiger partial charge in [0.1, 0.15) is 5.69 Å². The summed E-state index contributed by atoms with van der Waals surface area (Å²) in [4.78, 5) is 13.0. The third kappa shape index (κ3) is 3.57. The molecule has 0 aliphatic carbocycles. The van der Waals surface area contributed by atoms with Gasteiger partial charge in [-0.1, -0.05) is 35.9 Å². The number of hydrogen-bond donors (Lipinski definition) is 0. The summed E-state index contributed by atoms with van der Waals surface area (Å²) in [5.41, 5.74) is 4.66. The largest absolute Gasteiger partial charge is 0.256 e. The zero-order valence-corrected chi connectivity index (χ0v) is 18.4.